The van der Waals surface area contributed by atoms with E-state index in [0.29, 0.717) is 12.2 Å². The summed E-state index contributed by atoms with van der Waals surface area (Å²) in [6, 6.07) is 9.35. The van der Waals surface area contributed by atoms with Crippen LogP contribution < -0.4 is 11.0 Å². The van der Waals surface area contributed by atoms with Gasteiger partial charge in [-0.3, -0.25) is 4.40 Å². The molecule has 0 atom stereocenters. The largest absolute Gasteiger partial charge is 0.370 e. The molecule has 0 amide bonds. The summed E-state index contributed by atoms with van der Waals surface area (Å²) in [6.45, 7) is 3.42. The molecule has 21 heavy (non-hydrogen) atoms. The van der Waals surface area contributed by atoms with E-state index < -0.39 is 0 Å². The highest BCUT2D eigenvalue weighted by atomic mass is 16.2. The molecular weight excluding hydrogens is 266 g/mol. The van der Waals surface area contributed by atoms with Gasteiger partial charge < -0.3 is 5.32 Å². The van der Waals surface area contributed by atoms with Gasteiger partial charge in [0.05, 0.1) is 6.54 Å². The minimum atomic E-state index is -0.134. The molecule has 0 aliphatic rings. The van der Waals surface area contributed by atoms with E-state index in [4.69, 9.17) is 0 Å². The van der Waals surface area contributed by atoms with E-state index >= 15 is 0 Å². The highest BCUT2D eigenvalue weighted by molar-refractivity contribution is 5.38. The Morgan fingerprint density at radius 2 is 2.19 bits per heavy atom. The van der Waals surface area contributed by atoms with Crippen molar-refractivity contribution in [1.82, 2.24) is 19.2 Å². The van der Waals surface area contributed by atoms with Crippen LogP contribution in [0.1, 0.15) is 18.9 Å². The van der Waals surface area contributed by atoms with Crippen LogP contribution in [0.2, 0.25) is 0 Å². The van der Waals surface area contributed by atoms with E-state index in [1.807, 2.05) is 30.3 Å². The summed E-state index contributed by atoms with van der Waals surface area (Å²) in [5, 5.41) is 7.56. The van der Waals surface area contributed by atoms with Gasteiger partial charge in [-0.05, 0) is 36.2 Å². The van der Waals surface area contributed by atoms with Gasteiger partial charge in [0.1, 0.15) is 5.82 Å². The van der Waals surface area contributed by atoms with E-state index in [1.165, 1.54) is 9.08 Å². The fourth-order valence-electron chi connectivity index (χ4n) is 2.17. The van der Waals surface area contributed by atoms with E-state index in [-0.39, 0.29) is 5.69 Å². The lowest BCUT2D eigenvalue weighted by Gasteiger charge is -2.05. The molecule has 6 nitrogen and oxygen atoms in total. The molecule has 3 aromatic rings. The van der Waals surface area contributed by atoms with Gasteiger partial charge in [-0.25, -0.2) is 14.5 Å². The van der Waals surface area contributed by atoms with Crippen LogP contribution in [0.5, 0.6) is 0 Å². The molecule has 0 radical (unpaired) electrons. The first-order chi connectivity index (χ1) is 10.3. The van der Waals surface area contributed by atoms with Crippen molar-refractivity contribution < 1.29 is 0 Å². The number of nitrogens with one attached hydrogen (secondary N) is 1. The summed E-state index contributed by atoms with van der Waals surface area (Å²) in [4.78, 5) is 16.5. The number of aromatic nitrogens is 4. The third-order valence-electron chi connectivity index (χ3n) is 3.20. The minimum Gasteiger partial charge on any atom is -0.370 e. The number of rotatable bonds is 5. The molecule has 3 heterocycles. The molecule has 0 aromatic carbocycles. The van der Waals surface area contributed by atoms with Gasteiger partial charge in [-0.15, -0.1) is 5.10 Å². The zero-order valence-corrected chi connectivity index (χ0v) is 11.9. The van der Waals surface area contributed by atoms with Crippen LogP contribution >= 0.6 is 0 Å². The minimum absolute atomic E-state index is 0.134. The Morgan fingerprint density at radius 3 is 3.00 bits per heavy atom. The number of hydrogen-bond donors (Lipinski definition) is 1. The summed E-state index contributed by atoms with van der Waals surface area (Å²) >= 11 is 0. The summed E-state index contributed by atoms with van der Waals surface area (Å²) in [6.07, 6.45) is 4.51. The van der Waals surface area contributed by atoms with Crippen molar-refractivity contribution in [2.45, 2.75) is 19.9 Å². The summed E-state index contributed by atoms with van der Waals surface area (Å²) in [5.74, 6) is 0.825. The maximum Gasteiger partial charge on any atom is 0.350 e. The van der Waals surface area contributed by atoms with Gasteiger partial charge in [-0.2, -0.15) is 0 Å². The molecule has 108 valence electrons. The van der Waals surface area contributed by atoms with Gasteiger partial charge in [-0.1, -0.05) is 13.0 Å². The number of fused-ring (bicyclic) bond motifs is 1. The first kappa shape index (κ1) is 13.4. The number of anilines is 1. The molecule has 0 saturated carbocycles. The van der Waals surface area contributed by atoms with Crippen LogP contribution in [0.4, 0.5) is 5.82 Å². The van der Waals surface area contributed by atoms with Crippen molar-refractivity contribution in [3.05, 3.63) is 58.8 Å². The molecule has 3 aromatic heterocycles. The zero-order valence-electron chi connectivity index (χ0n) is 11.9. The summed E-state index contributed by atoms with van der Waals surface area (Å²) in [5.41, 5.74) is 1.51. The van der Waals surface area contributed by atoms with E-state index in [1.54, 1.807) is 12.4 Å². The highest BCUT2D eigenvalue weighted by Gasteiger charge is 2.07. The second-order valence-corrected chi connectivity index (χ2v) is 4.85. The highest BCUT2D eigenvalue weighted by Crippen LogP contribution is 2.08. The Hall–Kier alpha value is -2.63. The van der Waals surface area contributed by atoms with Crippen molar-refractivity contribution in [2.24, 2.45) is 0 Å². The third kappa shape index (κ3) is 2.79. The molecule has 0 aliphatic heterocycles. The fourth-order valence-corrected chi connectivity index (χ4v) is 2.17. The first-order valence-electron chi connectivity index (χ1n) is 7.01. The second kappa shape index (κ2) is 5.78. The average molecular weight is 283 g/mol. The monoisotopic (exact) mass is 283 g/mol. The summed E-state index contributed by atoms with van der Waals surface area (Å²) in [7, 11) is 0. The van der Waals surface area contributed by atoms with Crippen LogP contribution in [0.25, 0.3) is 5.65 Å². The predicted molar refractivity (Wildman–Crippen MR) is 81.6 cm³/mol. The SMILES string of the molecule is CCCNc1cc(Cn2nc3ccccn3c2=O)ccn1. The van der Waals surface area contributed by atoms with E-state index in [0.717, 1.165) is 24.3 Å². The van der Waals surface area contributed by atoms with Gasteiger partial charge in [0.15, 0.2) is 5.65 Å². The Morgan fingerprint density at radius 1 is 1.29 bits per heavy atom. The third-order valence-corrected chi connectivity index (χ3v) is 3.20. The quantitative estimate of drug-likeness (QED) is 0.775. The smallest absolute Gasteiger partial charge is 0.350 e. The van der Waals surface area contributed by atoms with Gasteiger partial charge >= 0.3 is 5.69 Å². The lowest BCUT2D eigenvalue weighted by Crippen LogP contribution is -2.21. The Labute approximate surface area is 122 Å². The summed E-state index contributed by atoms with van der Waals surface area (Å²) < 4.78 is 3.01. The Bertz CT molecular complexity index is 805. The van der Waals surface area contributed by atoms with E-state index in [2.05, 4.69) is 22.3 Å². The fraction of sp³-hybridized carbons (Fsp3) is 0.267. The molecule has 0 unspecified atom stereocenters. The molecule has 6 heteroatoms. The predicted octanol–water partition coefficient (Wildman–Crippen LogP) is 1.76. The van der Waals surface area contributed by atoms with E-state index in [9.17, 15) is 4.79 Å². The van der Waals surface area contributed by atoms with Crippen molar-refractivity contribution in [1.29, 1.82) is 0 Å². The van der Waals surface area contributed by atoms with Gasteiger partial charge in [0.25, 0.3) is 0 Å². The standard InChI is InChI=1S/C15H17N5O/c1-2-7-16-13-10-12(6-8-17-13)11-20-15(21)19-9-4-3-5-14(19)18-20/h3-6,8-10H,2,7,11H2,1H3,(H,16,17). The van der Waals surface area contributed by atoms with Gasteiger partial charge in [0, 0.05) is 18.9 Å². The van der Waals surface area contributed by atoms with Crippen molar-refractivity contribution in [2.75, 3.05) is 11.9 Å². The van der Waals surface area contributed by atoms with Crippen LogP contribution in [-0.4, -0.2) is 25.7 Å². The maximum atomic E-state index is 12.2. The van der Waals surface area contributed by atoms with Crippen LogP contribution in [0.15, 0.2) is 47.5 Å². The maximum absolute atomic E-state index is 12.2. The Kier molecular flexibility index (Phi) is 3.68. The topological polar surface area (TPSA) is 64.2 Å². The molecule has 0 saturated heterocycles. The molecular formula is C15H17N5O. The first-order valence-corrected chi connectivity index (χ1v) is 7.01. The van der Waals surface area contributed by atoms with Crippen LogP contribution in [0.3, 0.4) is 0 Å². The normalized spacial score (nSPS) is 10.9. The molecule has 0 bridgehead atoms. The Balaban J connectivity index is 1.88. The average Bonchev–Trinajstić information content (AvgIpc) is 2.82. The number of nitrogens with zero attached hydrogens (tertiary/aromatic N) is 4. The number of pyridine rings is 2. The van der Waals surface area contributed by atoms with Crippen molar-refractivity contribution in [3.63, 3.8) is 0 Å². The van der Waals surface area contributed by atoms with Crippen molar-refractivity contribution in [3.8, 4) is 0 Å². The van der Waals surface area contributed by atoms with Crippen molar-refractivity contribution >= 4 is 11.5 Å². The van der Waals surface area contributed by atoms with Crippen LogP contribution in [0, 0.1) is 0 Å². The zero-order chi connectivity index (χ0) is 14.7. The van der Waals surface area contributed by atoms with Gasteiger partial charge in [0.2, 0.25) is 0 Å². The molecule has 1 N–H and O–H groups in total. The molecule has 0 spiro atoms. The van der Waals surface area contributed by atoms with Crippen LogP contribution in [-0.2, 0) is 6.54 Å². The lowest BCUT2D eigenvalue weighted by molar-refractivity contribution is 0.658. The molecule has 0 fully saturated rings. The molecule has 3 rings (SSSR count). The number of hydrogen-bond acceptors (Lipinski definition) is 4. The second-order valence-electron chi connectivity index (χ2n) is 4.85. The lowest BCUT2D eigenvalue weighted by atomic mass is 10.2. The molecule has 0 aliphatic carbocycles.